The summed E-state index contributed by atoms with van der Waals surface area (Å²) in [5.41, 5.74) is 0. The first kappa shape index (κ1) is 60.6. The standard InChI is InChI=1S/C59H98O5/c1-3-5-7-9-11-13-15-17-19-21-22-23-24-25-26-27-28-29-30-31-32-33-34-35-36-38-40-42-44-46-48-50-52-54-59(62)64-57(55-60)56-63-58(61)53-51-49-47-45-43-41-39-37-20-18-16-14-12-10-8-6-4-2/h5,7,11,13,17-20,22-23,25-26,28-29,31-32,34-35,57,60H,3-4,6,8-10,12,14-16,21,24,27,30,33,36-56H2,1-2H3/b7-5-,13-11-,19-17-,20-18-,23-22-,26-25-,29-28-,32-31-,35-34-. The molecule has 0 heterocycles. The van der Waals surface area contributed by atoms with Gasteiger partial charge in [0, 0.05) is 12.8 Å². The van der Waals surface area contributed by atoms with Gasteiger partial charge < -0.3 is 14.6 Å². The lowest BCUT2D eigenvalue weighted by atomic mass is 10.1. The Hall–Kier alpha value is -3.44. The summed E-state index contributed by atoms with van der Waals surface area (Å²) < 4.78 is 10.7. The second-order valence-electron chi connectivity index (χ2n) is 17.2. The molecule has 1 N–H and O–H groups in total. The van der Waals surface area contributed by atoms with Crippen LogP contribution >= 0.6 is 0 Å². The van der Waals surface area contributed by atoms with E-state index >= 15 is 0 Å². The van der Waals surface area contributed by atoms with Gasteiger partial charge in [-0.3, -0.25) is 9.59 Å². The molecule has 1 unspecified atom stereocenters. The lowest BCUT2D eigenvalue weighted by Crippen LogP contribution is -2.28. The smallest absolute Gasteiger partial charge is 0.306 e. The molecule has 0 bridgehead atoms. The number of hydrogen-bond donors (Lipinski definition) is 1. The third-order valence-corrected chi connectivity index (χ3v) is 11.1. The topological polar surface area (TPSA) is 72.8 Å². The van der Waals surface area contributed by atoms with E-state index in [0.717, 1.165) is 96.3 Å². The zero-order valence-electron chi connectivity index (χ0n) is 41.5. The fourth-order valence-electron chi connectivity index (χ4n) is 7.09. The molecule has 64 heavy (non-hydrogen) atoms. The molecule has 0 amide bonds. The first-order chi connectivity index (χ1) is 31.6. The number of aliphatic hydroxyl groups is 1. The van der Waals surface area contributed by atoms with Crippen LogP contribution in [0.3, 0.4) is 0 Å². The summed E-state index contributed by atoms with van der Waals surface area (Å²) in [6.07, 6.45) is 77.5. The van der Waals surface area contributed by atoms with Crippen LogP contribution in [0, 0.1) is 0 Å². The minimum absolute atomic E-state index is 0.0763. The fourth-order valence-corrected chi connectivity index (χ4v) is 7.09. The number of ether oxygens (including phenoxy) is 2. The van der Waals surface area contributed by atoms with Crippen LogP contribution in [0.4, 0.5) is 0 Å². The Labute approximate surface area is 395 Å². The van der Waals surface area contributed by atoms with Gasteiger partial charge in [0.1, 0.15) is 6.61 Å². The Morgan fingerprint density at radius 2 is 0.672 bits per heavy atom. The molecule has 0 aliphatic rings. The molecular formula is C59H98O5. The Balaban J connectivity index is 3.59. The van der Waals surface area contributed by atoms with E-state index < -0.39 is 6.10 Å². The van der Waals surface area contributed by atoms with Crippen LogP contribution in [0.2, 0.25) is 0 Å². The van der Waals surface area contributed by atoms with Gasteiger partial charge in [-0.2, -0.15) is 0 Å². The van der Waals surface area contributed by atoms with Crippen molar-refractivity contribution in [1.29, 1.82) is 0 Å². The Bertz CT molecular complexity index is 1280. The van der Waals surface area contributed by atoms with Gasteiger partial charge in [0.25, 0.3) is 0 Å². The minimum atomic E-state index is -0.785. The van der Waals surface area contributed by atoms with Gasteiger partial charge in [-0.05, 0) is 103 Å². The van der Waals surface area contributed by atoms with E-state index in [1.165, 1.54) is 109 Å². The molecule has 0 fully saturated rings. The van der Waals surface area contributed by atoms with Crippen LogP contribution in [-0.2, 0) is 19.1 Å². The SMILES string of the molecule is CC/C=C\C/C=C\C/C=C\C/C=C\C/C=C\C/C=C\C/C=C\C/C=C\CCCCCCCCCCC(=O)OC(CO)COC(=O)CCCCCCCCC/C=C\CCCCCCCC. The Kier molecular flexibility index (Phi) is 51.0. The molecule has 0 rings (SSSR count). The summed E-state index contributed by atoms with van der Waals surface area (Å²) in [4.78, 5) is 24.4. The van der Waals surface area contributed by atoms with Crippen LogP contribution in [0.1, 0.15) is 232 Å². The highest BCUT2D eigenvalue weighted by atomic mass is 16.6. The van der Waals surface area contributed by atoms with Crippen LogP contribution in [0.5, 0.6) is 0 Å². The zero-order valence-corrected chi connectivity index (χ0v) is 41.5. The van der Waals surface area contributed by atoms with Gasteiger partial charge in [0.05, 0.1) is 6.61 Å². The monoisotopic (exact) mass is 887 g/mol. The van der Waals surface area contributed by atoms with Gasteiger partial charge in [-0.1, -0.05) is 226 Å². The fraction of sp³-hybridized carbons (Fsp3) is 0.661. The van der Waals surface area contributed by atoms with Gasteiger partial charge in [0.15, 0.2) is 6.10 Å². The minimum Gasteiger partial charge on any atom is -0.462 e. The van der Waals surface area contributed by atoms with Gasteiger partial charge in [-0.15, -0.1) is 0 Å². The lowest BCUT2D eigenvalue weighted by Gasteiger charge is -2.15. The first-order valence-electron chi connectivity index (χ1n) is 26.4. The number of esters is 2. The third kappa shape index (κ3) is 51.2. The summed E-state index contributed by atoms with van der Waals surface area (Å²) in [5, 5.41) is 9.63. The molecule has 5 heteroatoms. The van der Waals surface area contributed by atoms with Crippen molar-refractivity contribution in [2.24, 2.45) is 0 Å². The molecule has 0 radical (unpaired) electrons. The first-order valence-corrected chi connectivity index (χ1v) is 26.4. The molecule has 0 aliphatic carbocycles. The van der Waals surface area contributed by atoms with Crippen molar-refractivity contribution in [3.05, 3.63) is 109 Å². The molecule has 0 aliphatic heterocycles. The number of carbonyl (C=O) groups is 2. The van der Waals surface area contributed by atoms with Crippen molar-refractivity contribution in [3.63, 3.8) is 0 Å². The predicted molar refractivity (Wildman–Crippen MR) is 279 cm³/mol. The van der Waals surface area contributed by atoms with Crippen molar-refractivity contribution in [2.75, 3.05) is 13.2 Å². The lowest BCUT2D eigenvalue weighted by molar-refractivity contribution is -0.161. The van der Waals surface area contributed by atoms with Crippen LogP contribution in [0.25, 0.3) is 0 Å². The summed E-state index contributed by atoms with van der Waals surface area (Å²) in [5.74, 6) is -0.608. The molecule has 0 spiro atoms. The van der Waals surface area contributed by atoms with Gasteiger partial charge in [0.2, 0.25) is 0 Å². The predicted octanol–water partition coefficient (Wildman–Crippen LogP) is 17.7. The molecule has 0 aromatic rings. The maximum absolute atomic E-state index is 12.3. The van der Waals surface area contributed by atoms with E-state index in [2.05, 4.69) is 123 Å². The summed E-state index contributed by atoms with van der Waals surface area (Å²) in [6, 6.07) is 0. The van der Waals surface area contributed by atoms with Crippen molar-refractivity contribution < 1.29 is 24.2 Å². The van der Waals surface area contributed by atoms with Crippen LogP contribution in [-0.4, -0.2) is 36.4 Å². The maximum atomic E-state index is 12.3. The highest BCUT2D eigenvalue weighted by Gasteiger charge is 2.16. The average Bonchev–Trinajstić information content (AvgIpc) is 3.30. The van der Waals surface area contributed by atoms with E-state index in [-0.39, 0.29) is 25.2 Å². The van der Waals surface area contributed by atoms with E-state index in [0.29, 0.717) is 12.8 Å². The number of aliphatic hydroxyl groups excluding tert-OH is 1. The van der Waals surface area contributed by atoms with E-state index in [1.54, 1.807) is 0 Å². The molecule has 0 aromatic carbocycles. The van der Waals surface area contributed by atoms with Crippen LogP contribution < -0.4 is 0 Å². The van der Waals surface area contributed by atoms with Crippen LogP contribution in [0.15, 0.2) is 109 Å². The van der Waals surface area contributed by atoms with Crippen molar-refractivity contribution >= 4 is 11.9 Å². The van der Waals surface area contributed by atoms with E-state index in [1.807, 2.05) is 0 Å². The second-order valence-corrected chi connectivity index (χ2v) is 17.2. The van der Waals surface area contributed by atoms with Gasteiger partial charge in [-0.25, -0.2) is 0 Å². The maximum Gasteiger partial charge on any atom is 0.306 e. The number of allylic oxidation sites excluding steroid dienone is 18. The Morgan fingerprint density at radius 3 is 1.03 bits per heavy atom. The van der Waals surface area contributed by atoms with E-state index in [9.17, 15) is 14.7 Å². The summed E-state index contributed by atoms with van der Waals surface area (Å²) in [6.45, 7) is 4.01. The second kappa shape index (κ2) is 53.9. The molecule has 0 saturated heterocycles. The normalized spacial score (nSPS) is 13.1. The van der Waals surface area contributed by atoms with Crippen molar-refractivity contribution in [2.45, 2.75) is 238 Å². The number of rotatable bonds is 47. The quantitative estimate of drug-likeness (QED) is 0.0374. The number of unbranched alkanes of at least 4 members (excludes halogenated alkanes) is 21. The number of carbonyl (C=O) groups excluding carboxylic acids is 2. The van der Waals surface area contributed by atoms with Gasteiger partial charge >= 0.3 is 11.9 Å². The number of hydrogen-bond acceptors (Lipinski definition) is 5. The van der Waals surface area contributed by atoms with Crippen molar-refractivity contribution in [3.8, 4) is 0 Å². The zero-order chi connectivity index (χ0) is 46.3. The molecule has 0 saturated carbocycles. The van der Waals surface area contributed by atoms with Crippen molar-refractivity contribution in [1.82, 2.24) is 0 Å². The summed E-state index contributed by atoms with van der Waals surface area (Å²) in [7, 11) is 0. The molecule has 5 nitrogen and oxygen atoms in total. The molecular weight excluding hydrogens is 789 g/mol. The largest absolute Gasteiger partial charge is 0.462 e. The molecule has 364 valence electrons. The third-order valence-electron chi connectivity index (χ3n) is 11.1. The molecule has 1 atom stereocenters. The van der Waals surface area contributed by atoms with E-state index in [4.69, 9.17) is 9.47 Å². The Morgan fingerprint density at radius 1 is 0.375 bits per heavy atom. The summed E-state index contributed by atoms with van der Waals surface area (Å²) >= 11 is 0. The average molecular weight is 887 g/mol. The molecule has 0 aromatic heterocycles. The highest BCUT2D eigenvalue weighted by Crippen LogP contribution is 2.14. The highest BCUT2D eigenvalue weighted by molar-refractivity contribution is 5.70.